The van der Waals surface area contributed by atoms with Crippen LogP contribution in [0.2, 0.25) is 0 Å². The molecule has 0 spiro atoms. The Hall–Kier alpha value is -0.920. The first-order valence-electron chi connectivity index (χ1n) is 5.88. The third kappa shape index (κ3) is 3.16. The molecule has 0 aliphatic carbocycles. The summed E-state index contributed by atoms with van der Waals surface area (Å²) < 4.78 is 26.8. The summed E-state index contributed by atoms with van der Waals surface area (Å²) in [5.41, 5.74) is 0. The Morgan fingerprint density at radius 3 is 2.21 bits per heavy atom. The fourth-order valence-electron chi connectivity index (χ4n) is 2.09. The van der Waals surface area contributed by atoms with Crippen molar-refractivity contribution >= 4 is 31.9 Å². The fourth-order valence-corrected chi connectivity index (χ4v) is 3.82. The third-order valence-corrected chi connectivity index (χ3v) is 5.68. The highest BCUT2D eigenvalue weighted by atomic mass is 79.9. The zero-order chi connectivity index (χ0) is 14.0. The molecule has 19 heavy (non-hydrogen) atoms. The number of nitrogens with zero attached hydrogens (tertiary/aromatic N) is 1. The van der Waals surface area contributed by atoms with Crippen LogP contribution in [0.3, 0.4) is 0 Å². The maximum absolute atomic E-state index is 12.3. The van der Waals surface area contributed by atoms with Crippen molar-refractivity contribution in [3.63, 3.8) is 0 Å². The molecular weight excluding hydrogens is 334 g/mol. The number of piperidine rings is 1. The molecule has 1 heterocycles. The van der Waals surface area contributed by atoms with Gasteiger partial charge < -0.3 is 9.90 Å². The predicted molar refractivity (Wildman–Crippen MR) is 70.6 cm³/mol. The van der Waals surface area contributed by atoms with Crippen molar-refractivity contribution in [2.45, 2.75) is 17.7 Å². The number of hydrogen-bond acceptors (Lipinski definition) is 4. The molecular formula is C12H13BrNO4S-. The molecule has 0 amide bonds. The Morgan fingerprint density at radius 1 is 1.21 bits per heavy atom. The van der Waals surface area contributed by atoms with Gasteiger partial charge in [0.2, 0.25) is 10.0 Å². The number of benzene rings is 1. The van der Waals surface area contributed by atoms with Crippen molar-refractivity contribution in [1.82, 2.24) is 4.31 Å². The maximum Gasteiger partial charge on any atom is 0.243 e. The Kier molecular flexibility index (Phi) is 4.27. The molecule has 1 aliphatic heterocycles. The number of rotatable bonds is 3. The van der Waals surface area contributed by atoms with E-state index < -0.39 is 21.9 Å². The quantitative estimate of drug-likeness (QED) is 0.802. The van der Waals surface area contributed by atoms with Crippen LogP contribution < -0.4 is 5.11 Å². The van der Waals surface area contributed by atoms with Crippen molar-refractivity contribution < 1.29 is 18.3 Å². The molecule has 0 aromatic heterocycles. The minimum absolute atomic E-state index is 0.219. The van der Waals surface area contributed by atoms with Crippen LogP contribution in [-0.2, 0) is 14.8 Å². The molecule has 104 valence electrons. The average Bonchev–Trinajstić information content (AvgIpc) is 2.39. The first kappa shape index (κ1) is 14.5. The number of hydrogen-bond donors (Lipinski definition) is 0. The van der Waals surface area contributed by atoms with E-state index in [9.17, 15) is 18.3 Å². The van der Waals surface area contributed by atoms with E-state index in [1.54, 1.807) is 12.1 Å². The van der Waals surface area contributed by atoms with Gasteiger partial charge in [0, 0.05) is 29.4 Å². The number of carboxylic acid groups (broad SMARTS) is 1. The van der Waals surface area contributed by atoms with E-state index in [0.717, 1.165) is 4.47 Å². The largest absolute Gasteiger partial charge is 0.550 e. The van der Waals surface area contributed by atoms with Gasteiger partial charge in [-0.05, 0) is 37.1 Å². The fraction of sp³-hybridized carbons (Fsp3) is 0.417. The lowest BCUT2D eigenvalue weighted by Crippen LogP contribution is -2.43. The van der Waals surface area contributed by atoms with E-state index in [2.05, 4.69) is 15.9 Å². The highest BCUT2D eigenvalue weighted by molar-refractivity contribution is 9.10. The van der Waals surface area contributed by atoms with Gasteiger partial charge in [-0.3, -0.25) is 0 Å². The monoisotopic (exact) mass is 346 g/mol. The lowest BCUT2D eigenvalue weighted by atomic mass is 9.99. The minimum atomic E-state index is -3.53. The third-order valence-electron chi connectivity index (χ3n) is 3.24. The molecule has 2 rings (SSSR count). The summed E-state index contributed by atoms with van der Waals surface area (Å²) in [4.78, 5) is 11.0. The van der Waals surface area contributed by atoms with Crippen molar-refractivity contribution in [3.8, 4) is 0 Å². The van der Waals surface area contributed by atoms with Gasteiger partial charge in [0.25, 0.3) is 0 Å². The smallest absolute Gasteiger partial charge is 0.243 e. The van der Waals surface area contributed by atoms with Gasteiger partial charge >= 0.3 is 0 Å². The van der Waals surface area contributed by atoms with Gasteiger partial charge in [0.05, 0.1) is 4.90 Å². The standard InChI is InChI=1S/C12H14BrNO4S/c13-10-1-3-11(4-2-10)19(17,18)14-7-5-9(6-8-14)12(15)16/h1-4,9H,5-8H2,(H,15,16)/p-1. The number of carboxylic acids is 1. The molecule has 0 unspecified atom stereocenters. The van der Waals surface area contributed by atoms with Crippen LogP contribution in [0.4, 0.5) is 0 Å². The lowest BCUT2D eigenvalue weighted by molar-refractivity contribution is -0.312. The second kappa shape index (κ2) is 5.60. The summed E-state index contributed by atoms with van der Waals surface area (Å²) in [6, 6.07) is 6.40. The summed E-state index contributed by atoms with van der Waals surface area (Å²) >= 11 is 3.25. The van der Waals surface area contributed by atoms with E-state index in [-0.39, 0.29) is 18.0 Å². The number of halogens is 1. The van der Waals surface area contributed by atoms with Crippen LogP contribution in [0, 0.1) is 5.92 Å². The van der Waals surface area contributed by atoms with E-state index in [0.29, 0.717) is 12.8 Å². The zero-order valence-corrected chi connectivity index (χ0v) is 12.5. The summed E-state index contributed by atoms with van der Waals surface area (Å²) in [5.74, 6) is -1.64. The predicted octanol–water partition coefficient (Wildman–Crippen LogP) is 0.600. The van der Waals surface area contributed by atoms with E-state index in [1.807, 2.05) is 0 Å². The second-order valence-corrected chi connectivity index (χ2v) is 7.30. The van der Waals surface area contributed by atoms with Crippen LogP contribution in [-0.4, -0.2) is 31.8 Å². The Balaban J connectivity index is 2.14. The summed E-state index contributed by atoms with van der Waals surface area (Å²) in [5, 5.41) is 10.7. The van der Waals surface area contributed by atoms with Gasteiger partial charge in [0.1, 0.15) is 0 Å². The van der Waals surface area contributed by atoms with Crippen LogP contribution in [0.25, 0.3) is 0 Å². The van der Waals surface area contributed by atoms with Gasteiger partial charge in [0.15, 0.2) is 0 Å². The van der Waals surface area contributed by atoms with Crippen molar-refractivity contribution in [2.24, 2.45) is 5.92 Å². The normalized spacial score (nSPS) is 18.4. The lowest BCUT2D eigenvalue weighted by Gasteiger charge is -2.31. The SMILES string of the molecule is O=C([O-])C1CCN(S(=O)(=O)c2ccc(Br)cc2)CC1. The molecule has 1 aromatic rings. The molecule has 0 saturated carbocycles. The molecule has 1 aromatic carbocycles. The Morgan fingerprint density at radius 2 is 1.74 bits per heavy atom. The van der Waals surface area contributed by atoms with Gasteiger partial charge in [-0.25, -0.2) is 8.42 Å². The van der Waals surface area contributed by atoms with E-state index in [1.165, 1.54) is 16.4 Å². The number of sulfonamides is 1. The maximum atomic E-state index is 12.3. The second-order valence-electron chi connectivity index (χ2n) is 4.45. The molecule has 0 N–H and O–H groups in total. The van der Waals surface area contributed by atoms with Gasteiger partial charge in [-0.2, -0.15) is 4.31 Å². The van der Waals surface area contributed by atoms with Crippen molar-refractivity contribution in [3.05, 3.63) is 28.7 Å². The molecule has 5 nitrogen and oxygen atoms in total. The molecule has 0 bridgehead atoms. The summed E-state index contributed by atoms with van der Waals surface area (Å²) in [6.45, 7) is 0.439. The van der Waals surface area contributed by atoms with Crippen molar-refractivity contribution in [1.29, 1.82) is 0 Å². The number of carbonyl (C=O) groups is 1. The van der Waals surface area contributed by atoms with Gasteiger partial charge in [-0.15, -0.1) is 0 Å². The molecule has 1 fully saturated rings. The average molecular weight is 347 g/mol. The number of carbonyl (C=O) groups excluding carboxylic acids is 1. The van der Waals surface area contributed by atoms with E-state index in [4.69, 9.17) is 0 Å². The summed E-state index contributed by atoms with van der Waals surface area (Å²) in [7, 11) is -3.53. The van der Waals surface area contributed by atoms with Crippen LogP contribution in [0.5, 0.6) is 0 Å². The topological polar surface area (TPSA) is 77.5 Å². The molecule has 1 saturated heterocycles. The van der Waals surface area contributed by atoms with Crippen molar-refractivity contribution in [2.75, 3.05) is 13.1 Å². The van der Waals surface area contributed by atoms with Gasteiger partial charge in [-0.1, -0.05) is 15.9 Å². The molecule has 7 heteroatoms. The van der Waals surface area contributed by atoms with E-state index >= 15 is 0 Å². The number of aliphatic carboxylic acids is 1. The van der Waals surface area contributed by atoms with Crippen LogP contribution in [0.1, 0.15) is 12.8 Å². The van der Waals surface area contributed by atoms with Crippen LogP contribution in [0.15, 0.2) is 33.6 Å². The summed E-state index contributed by atoms with van der Waals surface area (Å²) in [6.07, 6.45) is 0.607. The molecule has 0 radical (unpaired) electrons. The first-order valence-corrected chi connectivity index (χ1v) is 8.11. The Labute approximate surface area is 120 Å². The molecule has 1 aliphatic rings. The van der Waals surface area contributed by atoms with Crippen LogP contribution >= 0.6 is 15.9 Å². The zero-order valence-electron chi connectivity index (χ0n) is 10.1. The highest BCUT2D eigenvalue weighted by Gasteiger charge is 2.29. The molecule has 0 atom stereocenters. The minimum Gasteiger partial charge on any atom is -0.550 e. The highest BCUT2D eigenvalue weighted by Crippen LogP contribution is 2.24. The first-order chi connectivity index (χ1) is 8.91. The Bertz CT molecular complexity index is 562.